The fraction of sp³-hybridized carbons (Fsp3) is 0.542. The Kier molecular flexibility index (Phi) is 7.52. The van der Waals surface area contributed by atoms with Gasteiger partial charge in [0.1, 0.15) is 5.82 Å². The van der Waals surface area contributed by atoms with Crippen LogP contribution in [0, 0.1) is 23.5 Å². The Labute approximate surface area is 166 Å². The average Bonchev–Trinajstić information content (AvgIpc) is 2.70. The normalized spacial score (nSPS) is 19.7. The van der Waals surface area contributed by atoms with E-state index >= 15 is 0 Å². The molecule has 1 fully saturated rings. The van der Waals surface area contributed by atoms with Crippen LogP contribution in [0.5, 0.6) is 0 Å². The number of hydrogen-bond acceptors (Lipinski definition) is 1. The Hall–Kier alpha value is -1.84. The maximum Gasteiger partial charge on any atom is 0.248 e. The first-order valence-corrected chi connectivity index (χ1v) is 10.7. The molecule has 1 aliphatic carbocycles. The molecule has 4 heteroatoms. The summed E-state index contributed by atoms with van der Waals surface area (Å²) >= 11 is 0. The maximum atomic E-state index is 14.6. The molecule has 0 amide bonds. The highest BCUT2D eigenvalue weighted by Crippen LogP contribution is 2.39. The number of unbranched alkanes of at least 4 members (excludes halogenated alkanes) is 4. The van der Waals surface area contributed by atoms with Crippen LogP contribution in [-0.2, 0) is 0 Å². The molecular formula is C24H30F3N. The van der Waals surface area contributed by atoms with Crippen LogP contribution in [0.4, 0.5) is 13.2 Å². The molecule has 0 bridgehead atoms. The van der Waals surface area contributed by atoms with E-state index in [2.05, 4.69) is 11.9 Å². The van der Waals surface area contributed by atoms with E-state index in [1.165, 1.54) is 57.6 Å². The maximum absolute atomic E-state index is 14.6. The Morgan fingerprint density at radius 1 is 0.893 bits per heavy atom. The Balaban J connectivity index is 1.55. The summed E-state index contributed by atoms with van der Waals surface area (Å²) in [5, 5.41) is 0. The van der Waals surface area contributed by atoms with Crippen molar-refractivity contribution in [2.75, 3.05) is 0 Å². The number of nitrogens with zero attached hydrogens (tertiary/aromatic N) is 1. The van der Waals surface area contributed by atoms with Crippen LogP contribution in [0.25, 0.3) is 11.1 Å². The number of rotatable bonds is 8. The van der Waals surface area contributed by atoms with E-state index < -0.39 is 17.6 Å². The molecular weight excluding hydrogens is 359 g/mol. The molecule has 0 saturated heterocycles. The van der Waals surface area contributed by atoms with Gasteiger partial charge in [-0.05, 0) is 55.2 Å². The molecule has 152 valence electrons. The topological polar surface area (TPSA) is 12.9 Å². The number of aromatic nitrogens is 1. The third-order valence-electron chi connectivity index (χ3n) is 6.13. The zero-order chi connectivity index (χ0) is 19.9. The van der Waals surface area contributed by atoms with Gasteiger partial charge in [0.2, 0.25) is 5.95 Å². The molecule has 0 radical (unpaired) electrons. The molecule has 1 aromatic carbocycles. The third kappa shape index (κ3) is 5.36. The fourth-order valence-electron chi connectivity index (χ4n) is 4.41. The smallest absolute Gasteiger partial charge is 0.225 e. The number of benzene rings is 1. The van der Waals surface area contributed by atoms with E-state index in [4.69, 9.17) is 0 Å². The van der Waals surface area contributed by atoms with Crippen LogP contribution in [0.1, 0.15) is 82.6 Å². The molecule has 1 heterocycles. The van der Waals surface area contributed by atoms with Crippen molar-refractivity contribution < 1.29 is 13.2 Å². The van der Waals surface area contributed by atoms with Gasteiger partial charge in [-0.3, -0.25) is 0 Å². The molecule has 0 N–H and O–H groups in total. The van der Waals surface area contributed by atoms with Gasteiger partial charge in [-0.1, -0.05) is 57.6 Å². The van der Waals surface area contributed by atoms with Gasteiger partial charge in [0, 0.05) is 17.3 Å². The predicted molar refractivity (Wildman–Crippen MR) is 108 cm³/mol. The molecule has 1 aliphatic rings. The van der Waals surface area contributed by atoms with Gasteiger partial charge in [-0.25, -0.2) is 13.8 Å². The van der Waals surface area contributed by atoms with Crippen LogP contribution in [0.2, 0.25) is 0 Å². The van der Waals surface area contributed by atoms with Gasteiger partial charge in [-0.15, -0.1) is 0 Å². The zero-order valence-corrected chi connectivity index (χ0v) is 16.7. The lowest BCUT2D eigenvalue weighted by atomic mass is 9.77. The highest BCUT2D eigenvalue weighted by atomic mass is 19.2. The molecule has 0 spiro atoms. The SMILES string of the molecule is CCCCCCCC1CCC(c2ccc(-c3cnc(F)c(F)c3)c(F)c2)CC1. The molecule has 3 rings (SSSR count). The fourth-order valence-corrected chi connectivity index (χ4v) is 4.41. The zero-order valence-electron chi connectivity index (χ0n) is 16.7. The Bertz CT molecular complexity index is 766. The molecule has 1 nitrogen and oxygen atoms in total. The van der Waals surface area contributed by atoms with Crippen molar-refractivity contribution >= 4 is 0 Å². The number of hydrogen-bond donors (Lipinski definition) is 0. The molecule has 28 heavy (non-hydrogen) atoms. The monoisotopic (exact) mass is 389 g/mol. The summed E-state index contributed by atoms with van der Waals surface area (Å²) in [6, 6.07) is 6.15. The van der Waals surface area contributed by atoms with E-state index in [0.717, 1.165) is 30.4 Å². The second-order valence-electron chi connectivity index (χ2n) is 8.16. The lowest BCUT2D eigenvalue weighted by Crippen LogP contribution is -2.13. The summed E-state index contributed by atoms with van der Waals surface area (Å²) in [4.78, 5) is 3.35. The first-order chi connectivity index (χ1) is 13.6. The van der Waals surface area contributed by atoms with Crippen molar-refractivity contribution in [3.8, 4) is 11.1 Å². The van der Waals surface area contributed by atoms with Gasteiger partial charge in [0.25, 0.3) is 0 Å². The van der Waals surface area contributed by atoms with E-state index in [1.807, 2.05) is 6.07 Å². The van der Waals surface area contributed by atoms with Crippen LogP contribution in [0.3, 0.4) is 0 Å². The first-order valence-electron chi connectivity index (χ1n) is 10.7. The molecule has 0 unspecified atom stereocenters. The van der Waals surface area contributed by atoms with E-state index in [1.54, 1.807) is 12.1 Å². The second-order valence-corrected chi connectivity index (χ2v) is 8.16. The lowest BCUT2D eigenvalue weighted by molar-refractivity contribution is 0.301. The van der Waals surface area contributed by atoms with Crippen LogP contribution < -0.4 is 0 Å². The van der Waals surface area contributed by atoms with Crippen molar-refractivity contribution in [3.63, 3.8) is 0 Å². The van der Waals surface area contributed by atoms with E-state index in [-0.39, 0.29) is 11.1 Å². The first kappa shape index (κ1) is 20.9. The summed E-state index contributed by atoms with van der Waals surface area (Å²) in [5.41, 5.74) is 1.53. The predicted octanol–water partition coefficient (Wildman–Crippen LogP) is 7.80. The highest BCUT2D eigenvalue weighted by Gasteiger charge is 2.23. The van der Waals surface area contributed by atoms with Crippen LogP contribution in [0.15, 0.2) is 30.5 Å². The Morgan fingerprint density at radius 2 is 1.64 bits per heavy atom. The standard InChI is InChI=1S/C24H30F3N/c1-2-3-4-5-6-7-17-8-10-18(11-9-17)19-12-13-21(22(25)14-19)20-15-23(26)24(27)28-16-20/h12-18H,2-11H2,1H3. The minimum atomic E-state index is -1.16. The van der Waals surface area contributed by atoms with Gasteiger partial charge >= 0.3 is 0 Å². The number of pyridine rings is 1. The van der Waals surface area contributed by atoms with Crippen molar-refractivity contribution in [2.45, 2.75) is 77.0 Å². The van der Waals surface area contributed by atoms with E-state index in [9.17, 15) is 13.2 Å². The second kappa shape index (κ2) is 10.1. The summed E-state index contributed by atoms with van der Waals surface area (Å²) in [6.45, 7) is 2.24. The van der Waals surface area contributed by atoms with Gasteiger partial charge in [0.05, 0.1) is 0 Å². The number of halogens is 3. The molecule has 0 aliphatic heterocycles. The van der Waals surface area contributed by atoms with Crippen molar-refractivity contribution in [1.82, 2.24) is 4.98 Å². The van der Waals surface area contributed by atoms with Gasteiger partial charge in [-0.2, -0.15) is 4.39 Å². The summed E-state index contributed by atoms with van der Waals surface area (Å²) in [6.07, 6.45) is 13.8. The van der Waals surface area contributed by atoms with Gasteiger partial charge < -0.3 is 0 Å². The average molecular weight is 390 g/mol. The van der Waals surface area contributed by atoms with Crippen molar-refractivity contribution in [2.24, 2.45) is 5.92 Å². The van der Waals surface area contributed by atoms with Crippen LogP contribution in [-0.4, -0.2) is 4.98 Å². The summed E-state index contributed by atoms with van der Waals surface area (Å²) < 4.78 is 41.0. The van der Waals surface area contributed by atoms with Crippen molar-refractivity contribution in [1.29, 1.82) is 0 Å². The largest absolute Gasteiger partial charge is 0.248 e. The van der Waals surface area contributed by atoms with Gasteiger partial charge in [0.15, 0.2) is 5.82 Å². The lowest BCUT2D eigenvalue weighted by Gasteiger charge is -2.29. The summed E-state index contributed by atoms with van der Waals surface area (Å²) in [7, 11) is 0. The minimum absolute atomic E-state index is 0.259. The molecule has 1 saturated carbocycles. The van der Waals surface area contributed by atoms with Crippen molar-refractivity contribution in [3.05, 3.63) is 53.6 Å². The molecule has 0 atom stereocenters. The van der Waals surface area contributed by atoms with Crippen LogP contribution >= 0.6 is 0 Å². The summed E-state index contributed by atoms with van der Waals surface area (Å²) in [5.74, 6) is -1.42. The van der Waals surface area contributed by atoms with E-state index in [0.29, 0.717) is 5.92 Å². The molecule has 1 aromatic heterocycles. The highest BCUT2D eigenvalue weighted by molar-refractivity contribution is 5.63. The minimum Gasteiger partial charge on any atom is -0.225 e. The molecule has 2 aromatic rings. The third-order valence-corrected chi connectivity index (χ3v) is 6.13. The quantitative estimate of drug-likeness (QED) is 0.331. The Morgan fingerprint density at radius 3 is 2.32 bits per heavy atom.